The molecule has 94 valence electrons. The SMILES string of the molecule is c1cc2sccc2cn1.c1csc(-n2cccc2)c1. The molecule has 0 aliphatic heterocycles. The lowest BCUT2D eigenvalue weighted by molar-refractivity contribution is 1.11. The summed E-state index contributed by atoms with van der Waals surface area (Å²) in [6, 6.07) is 12.3. The van der Waals surface area contributed by atoms with E-state index >= 15 is 0 Å². The largest absolute Gasteiger partial charge is 0.316 e. The van der Waals surface area contributed by atoms with Crippen LogP contribution in [0.2, 0.25) is 0 Å². The highest BCUT2D eigenvalue weighted by Gasteiger charge is 1.91. The van der Waals surface area contributed by atoms with Crippen molar-refractivity contribution in [1.82, 2.24) is 9.55 Å². The van der Waals surface area contributed by atoms with Gasteiger partial charge in [-0.15, -0.1) is 22.7 Å². The summed E-state index contributed by atoms with van der Waals surface area (Å²) in [4.78, 5) is 3.99. The van der Waals surface area contributed by atoms with Crippen LogP contribution in [0.5, 0.6) is 0 Å². The Morgan fingerprint density at radius 3 is 2.53 bits per heavy atom. The van der Waals surface area contributed by atoms with Gasteiger partial charge < -0.3 is 4.57 Å². The van der Waals surface area contributed by atoms with Crippen LogP contribution in [0.15, 0.2) is 71.9 Å². The van der Waals surface area contributed by atoms with E-state index in [2.05, 4.69) is 38.5 Å². The topological polar surface area (TPSA) is 17.8 Å². The first-order chi connectivity index (χ1) is 9.43. The second kappa shape index (κ2) is 5.82. The zero-order chi connectivity index (χ0) is 12.9. The minimum absolute atomic E-state index is 1.24. The molecule has 0 saturated heterocycles. The van der Waals surface area contributed by atoms with E-state index < -0.39 is 0 Å². The molecule has 19 heavy (non-hydrogen) atoms. The van der Waals surface area contributed by atoms with E-state index in [1.54, 1.807) is 22.7 Å². The van der Waals surface area contributed by atoms with Gasteiger partial charge in [0.25, 0.3) is 0 Å². The van der Waals surface area contributed by atoms with Gasteiger partial charge in [0.1, 0.15) is 0 Å². The molecule has 0 aliphatic carbocycles. The van der Waals surface area contributed by atoms with Gasteiger partial charge >= 0.3 is 0 Å². The molecule has 0 aliphatic rings. The van der Waals surface area contributed by atoms with Gasteiger partial charge in [-0.25, -0.2) is 0 Å². The van der Waals surface area contributed by atoms with Gasteiger partial charge in [0.2, 0.25) is 0 Å². The van der Waals surface area contributed by atoms with E-state index in [0.717, 1.165) is 0 Å². The Bertz CT molecular complexity index is 662. The van der Waals surface area contributed by atoms with Crippen molar-refractivity contribution < 1.29 is 0 Å². The van der Waals surface area contributed by atoms with Crippen molar-refractivity contribution in [2.45, 2.75) is 0 Å². The highest BCUT2D eigenvalue weighted by molar-refractivity contribution is 7.17. The quantitative estimate of drug-likeness (QED) is 0.489. The summed E-state index contributed by atoms with van der Waals surface area (Å²) < 4.78 is 3.41. The molecule has 4 rings (SSSR count). The summed E-state index contributed by atoms with van der Waals surface area (Å²) in [6.45, 7) is 0. The summed E-state index contributed by atoms with van der Waals surface area (Å²) in [6.07, 6.45) is 7.79. The first kappa shape index (κ1) is 12.1. The molecule has 0 N–H and O–H groups in total. The summed E-state index contributed by atoms with van der Waals surface area (Å²) in [5.74, 6) is 0. The van der Waals surface area contributed by atoms with Crippen LogP contribution in [0, 0.1) is 0 Å². The monoisotopic (exact) mass is 284 g/mol. The number of thiophene rings is 2. The fourth-order valence-electron chi connectivity index (χ4n) is 1.71. The Balaban J connectivity index is 0.000000117. The molecule has 0 atom stereocenters. The highest BCUT2D eigenvalue weighted by Crippen LogP contribution is 2.17. The van der Waals surface area contributed by atoms with Gasteiger partial charge in [-0.2, -0.15) is 0 Å². The maximum atomic E-state index is 3.99. The van der Waals surface area contributed by atoms with Gasteiger partial charge in [-0.3, -0.25) is 4.98 Å². The van der Waals surface area contributed by atoms with Crippen LogP contribution in [-0.4, -0.2) is 9.55 Å². The Morgan fingerprint density at radius 2 is 1.79 bits per heavy atom. The van der Waals surface area contributed by atoms with Crippen molar-refractivity contribution in [3.05, 3.63) is 71.9 Å². The van der Waals surface area contributed by atoms with Crippen LogP contribution in [0.3, 0.4) is 0 Å². The Labute approximate surface area is 119 Å². The summed E-state index contributed by atoms with van der Waals surface area (Å²) in [5.41, 5.74) is 0. The lowest BCUT2D eigenvalue weighted by Crippen LogP contribution is -1.81. The predicted octanol–water partition coefficient (Wildman–Crippen LogP) is 4.84. The molecule has 0 fully saturated rings. The molecule has 0 saturated carbocycles. The molecule has 0 unspecified atom stereocenters. The first-order valence-corrected chi connectivity index (χ1v) is 7.63. The van der Waals surface area contributed by atoms with E-state index in [9.17, 15) is 0 Å². The number of hydrogen-bond acceptors (Lipinski definition) is 3. The summed E-state index contributed by atoms with van der Waals surface area (Å²) in [7, 11) is 0. The van der Waals surface area contributed by atoms with Crippen molar-refractivity contribution >= 4 is 32.8 Å². The fraction of sp³-hybridized carbons (Fsp3) is 0. The van der Waals surface area contributed by atoms with Crippen LogP contribution in [0.25, 0.3) is 15.1 Å². The van der Waals surface area contributed by atoms with Gasteiger partial charge in [-0.05, 0) is 47.2 Å². The molecule has 0 bridgehead atoms. The van der Waals surface area contributed by atoms with Gasteiger partial charge in [0.05, 0.1) is 5.00 Å². The van der Waals surface area contributed by atoms with Crippen LogP contribution < -0.4 is 0 Å². The number of aromatic nitrogens is 2. The Morgan fingerprint density at radius 1 is 0.895 bits per heavy atom. The van der Waals surface area contributed by atoms with Crippen LogP contribution >= 0.6 is 22.7 Å². The second-order valence-electron chi connectivity index (χ2n) is 3.88. The molecule has 4 aromatic rings. The molecule has 4 aromatic heterocycles. The highest BCUT2D eigenvalue weighted by atomic mass is 32.1. The van der Waals surface area contributed by atoms with Crippen molar-refractivity contribution in [1.29, 1.82) is 0 Å². The molecule has 4 heteroatoms. The first-order valence-electron chi connectivity index (χ1n) is 5.87. The number of pyridine rings is 1. The van der Waals surface area contributed by atoms with Crippen molar-refractivity contribution in [2.75, 3.05) is 0 Å². The lowest BCUT2D eigenvalue weighted by Gasteiger charge is -1.93. The third-order valence-corrected chi connectivity index (χ3v) is 4.40. The normalized spacial score (nSPS) is 10.1. The molecule has 2 nitrogen and oxygen atoms in total. The van der Waals surface area contributed by atoms with Gasteiger partial charge in [0.15, 0.2) is 0 Å². The summed E-state index contributed by atoms with van der Waals surface area (Å²) in [5, 5.41) is 6.66. The molecule has 0 spiro atoms. The molecular formula is C15H12N2S2. The average Bonchev–Trinajstić information content (AvgIpc) is 3.20. The van der Waals surface area contributed by atoms with Crippen molar-refractivity contribution in [3.63, 3.8) is 0 Å². The van der Waals surface area contributed by atoms with Crippen LogP contribution in [0.4, 0.5) is 0 Å². The minimum Gasteiger partial charge on any atom is -0.316 e. The van der Waals surface area contributed by atoms with E-state index in [-0.39, 0.29) is 0 Å². The van der Waals surface area contributed by atoms with Crippen LogP contribution in [-0.2, 0) is 0 Å². The maximum Gasteiger partial charge on any atom is 0.0989 e. The fourth-order valence-corrected chi connectivity index (χ4v) is 3.16. The van der Waals surface area contributed by atoms with E-state index in [4.69, 9.17) is 0 Å². The van der Waals surface area contributed by atoms with Crippen molar-refractivity contribution in [3.8, 4) is 5.00 Å². The van der Waals surface area contributed by atoms with Gasteiger partial charge in [-0.1, -0.05) is 0 Å². The number of fused-ring (bicyclic) bond motifs is 1. The Hall–Kier alpha value is -1.91. The lowest BCUT2D eigenvalue weighted by atomic mass is 10.4. The number of rotatable bonds is 1. The smallest absolute Gasteiger partial charge is 0.0989 e. The van der Waals surface area contributed by atoms with E-state index in [1.165, 1.54) is 15.1 Å². The zero-order valence-corrected chi connectivity index (χ0v) is 11.8. The summed E-state index contributed by atoms with van der Waals surface area (Å²) >= 11 is 3.49. The molecule has 0 aromatic carbocycles. The predicted molar refractivity (Wildman–Crippen MR) is 83.3 cm³/mol. The molecule has 0 amide bonds. The zero-order valence-electron chi connectivity index (χ0n) is 10.1. The minimum atomic E-state index is 1.24. The average molecular weight is 284 g/mol. The third-order valence-electron chi connectivity index (χ3n) is 2.62. The van der Waals surface area contributed by atoms with Crippen LogP contribution in [0.1, 0.15) is 0 Å². The van der Waals surface area contributed by atoms with Gasteiger partial charge in [0, 0.05) is 34.9 Å². The standard InChI is InChI=1S/C8H7NS.C7H5NS/c1-2-6-9(5-1)8-4-3-7-10-8;1-3-8-5-6-2-4-9-7(1)6/h1-7H;1-5H. The van der Waals surface area contributed by atoms with Crippen molar-refractivity contribution in [2.24, 2.45) is 0 Å². The van der Waals surface area contributed by atoms with E-state index in [0.29, 0.717) is 0 Å². The number of hydrogen-bond donors (Lipinski definition) is 0. The number of nitrogens with zero attached hydrogens (tertiary/aromatic N) is 2. The second-order valence-corrected chi connectivity index (χ2v) is 5.75. The van der Waals surface area contributed by atoms with E-state index in [1.807, 2.05) is 43.0 Å². The molecule has 4 heterocycles. The Kier molecular flexibility index (Phi) is 3.72. The molecule has 0 radical (unpaired) electrons. The maximum absolute atomic E-state index is 3.99. The molecular weight excluding hydrogens is 272 g/mol. The third kappa shape index (κ3) is 2.92.